The van der Waals surface area contributed by atoms with Gasteiger partial charge in [0.1, 0.15) is 0 Å². The normalized spacial score (nSPS) is 11.7. The molecule has 0 radical (unpaired) electrons. The number of hydrogen-bond acceptors (Lipinski definition) is 3. The molecule has 0 unspecified atom stereocenters. The molecule has 0 aliphatic heterocycles. The van der Waals surface area contributed by atoms with Crippen molar-refractivity contribution in [3.05, 3.63) is 78.9 Å². The number of fused-ring (bicyclic) bond motifs is 1. The van der Waals surface area contributed by atoms with Crippen LogP contribution in [0.3, 0.4) is 0 Å². The van der Waals surface area contributed by atoms with Crippen LogP contribution >= 0.6 is 0 Å². The Balaban J connectivity index is 1.32. The molecule has 0 saturated heterocycles. The molecule has 0 amide bonds. The maximum absolute atomic E-state index is 4.72. The Hall–Kier alpha value is -3.61. The van der Waals surface area contributed by atoms with Crippen LogP contribution in [0.1, 0.15) is 18.9 Å². The molecular weight excluding hydrogens is 374 g/mol. The van der Waals surface area contributed by atoms with Gasteiger partial charge in [-0.2, -0.15) is 5.10 Å². The van der Waals surface area contributed by atoms with E-state index >= 15 is 0 Å². The Labute approximate surface area is 176 Å². The summed E-state index contributed by atoms with van der Waals surface area (Å²) in [5.74, 6) is 1.62. The quantitative estimate of drug-likeness (QED) is 0.270. The zero-order valence-corrected chi connectivity index (χ0v) is 17.2. The number of para-hydroxylation sites is 1. The fourth-order valence-electron chi connectivity index (χ4n) is 3.39. The van der Waals surface area contributed by atoms with Gasteiger partial charge >= 0.3 is 0 Å². The Morgan fingerprint density at radius 3 is 2.83 bits per heavy atom. The molecule has 1 aromatic carbocycles. The molecule has 4 rings (SSSR count). The summed E-state index contributed by atoms with van der Waals surface area (Å²) in [5.41, 5.74) is 2.37. The summed E-state index contributed by atoms with van der Waals surface area (Å²) in [4.78, 5) is 9.09. The molecule has 7 heteroatoms. The van der Waals surface area contributed by atoms with Crippen molar-refractivity contribution in [1.29, 1.82) is 0 Å². The Morgan fingerprint density at radius 2 is 1.97 bits per heavy atom. The van der Waals surface area contributed by atoms with E-state index in [-0.39, 0.29) is 0 Å². The zero-order valence-electron chi connectivity index (χ0n) is 17.2. The summed E-state index contributed by atoms with van der Waals surface area (Å²) < 4.78 is 4.05. The molecule has 0 spiro atoms. The predicted molar refractivity (Wildman–Crippen MR) is 121 cm³/mol. The summed E-state index contributed by atoms with van der Waals surface area (Å²) in [6.45, 7) is 5.30. The third kappa shape index (κ3) is 4.86. The number of benzene rings is 1. The number of aryl methyl sites for hydroxylation is 1. The minimum Gasteiger partial charge on any atom is -0.357 e. The third-order valence-corrected chi connectivity index (χ3v) is 4.86. The molecule has 0 aliphatic rings. The van der Waals surface area contributed by atoms with Gasteiger partial charge in [0.05, 0.1) is 6.54 Å². The van der Waals surface area contributed by atoms with E-state index in [1.54, 1.807) is 17.1 Å². The molecular formula is C23H27N7. The van der Waals surface area contributed by atoms with Crippen LogP contribution in [-0.2, 0) is 13.1 Å². The number of hydrogen-bond donors (Lipinski definition) is 2. The topological polar surface area (TPSA) is 72.1 Å². The predicted octanol–water partition coefficient (Wildman–Crippen LogP) is 3.37. The molecule has 154 valence electrons. The highest BCUT2D eigenvalue weighted by Gasteiger charge is 2.03. The molecule has 0 bridgehead atoms. The van der Waals surface area contributed by atoms with E-state index in [1.807, 2.05) is 24.4 Å². The smallest absolute Gasteiger partial charge is 0.191 e. The number of aromatic nitrogens is 4. The van der Waals surface area contributed by atoms with Gasteiger partial charge in [0.15, 0.2) is 11.8 Å². The van der Waals surface area contributed by atoms with Crippen molar-refractivity contribution >= 4 is 16.9 Å². The first-order valence-electron chi connectivity index (χ1n) is 10.3. The van der Waals surface area contributed by atoms with E-state index in [0.717, 1.165) is 43.4 Å². The zero-order chi connectivity index (χ0) is 20.6. The lowest BCUT2D eigenvalue weighted by Gasteiger charge is -2.12. The SMILES string of the molecule is CCNC(=NCc1ccnc(-n2cccn2)c1)NCCCn1ccc2ccccc21. The largest absolute Gasteiger partial charge is 0.357 e. The van der Waals surface area contributed by atoms with Gasteiger partial charge in [-0.1, -0.05) is 18.2 Å². The Bertz CT molecular complexity index is 1100. The monoisotopic (exact) mass is 401 g/mol. The van der Waals surface area contributed by atoms with Gasteiger partial charge in [-0.05, 0) is 54.6 Å². The molecule has 2 N–H and O–H groups in total. The summed E-state index contributed by atoms with van der Waals surface area (Å²) in [7, 11) is 0. The van der Waals surface area contributed by atoms with E-state index in [2.05, 4.69) is 68.7 Å². The van der Waals surface area contributed by atoms with Crippen molar-refractivity contribution in [1.82, 2.24) is 30.0 Å². The molecule has 0 saturated carbocycles. The van der Waals surface area contributed by atoms with Crippen LogP contribution < -0.4 is 10.6 Å². The number of guanidine groups is 1. The lowest BCUT2D eigenvalue weighted by Crippen LogP contribution is -2.38. The third-order valence-electron chi connectivity index (χ3n) is 4.86. The van der Waals surface area contributed by atoms with E-state index in [9.17, 15) is 0 Å². The molecule has 3 heterocycles. The summed E-state index contributed by atoms with van der Waals surface area (Å²) in [5, 5.41) is 12.3. The number of nitrogens with zero attached hydrogens (tertiary/aromatic N) is 5. The van der Waals surface area contributed by atoms with Crippen molar-refractivity contribution < 1.29 is 0 Å². The fourth-order valence-corrected chi connectivity index (χ4v) is 3.39. The van der Waals surface area contributed by atoms with E-state index < -0.39 is 0 Å². The molecule has 0 atom stereocenters. The molecule has 3 aromatic heterocycles. The van der Waals surface area contributed by atoms with Crippen molar-refractivity contribution in [3.63, 3.8) is 0 Å². The first-order valence-corrected chi connectivity index (χ1v) is 10.3. The second-order valence-corrected chi connectivity index (χ2v) is 7.02. The van der Waals surface area contributed by atoms with Crippen LogP contribution in [0.2, 0.25) is 0 Å². The summed E-state index contributed by atoms with van der Waals surface area (Å²) >= 11 is 0. The Morgan fingerprint density at radius 1 is 1.03 bits per heavy atom. The summed E-state index contributed by atoms with van der Waals surface area (Å²) in [6.07, 6.45) is 8.60. The molecule has 7 nitrogen and oxygen atoms in total. The van der Waals surface area contributed by atoms with Gasteiger partial charge in [0.25, 0.3) is 0 Å². The number of nitrogens with one attached hydrogen (secondary N) is 2. The Kier molecular flexibility index (Phi) is 6.39. The molecule has 30 heavy (non-hydrogen) atoms. The van der Waals surface area contributed by atoms with Crippen LogP contribution in [0.15, 0.2) is 78.3 Å². The van der Waals surface area contributed by atoms with Crippen molar-refractivity contribution in [2.45, 2.75) is 26.4 Å². The van der Waals surface area contributed by atoms with Crippen LogP contribution in [0, 0.1) is 0 Å². The van der Waals surface area contributed by atoms with E-state index in [1.165, 1.54) is 10.9 Å². The van der Waals surface area contributed by atoms with Gasteiger partial charge in [-0.25, -0.2) is 14.7 Å². The van der Waals surface area contributed by atoms with Gasteiger partial charge in [0.2, 0.25) is 0 Å². The first kappa shape index (κ1) is 19.7. The standard InChI is InChI=1S/C23H27N7/c1-2-24-23(26-11-5-14-29-16-10-20-7-3-4-8-21(20)29)27-18-19-9-13-25-22(17-19)30-15-6-12-28-30/h3-4,6-10,12-13,15-17H,2,5,11,14,18H2,1H3,(H2,24,26,27). The number of rotatable bonds is 8. The van der Waals surface area contributed by atoms with Gasteiger partial charge in [-0.3, -0.25) is 0 Å². The van der Waals surface area contributed by atoms with E-state index in [0.29, 0.717) is 6.54 Å². The summed E-state index contributed by atoms with van der Waals surface area (Å²) in [6, 6.07) is 16.5. The van der Waals surface area contributed by atoms with Crippen molar-refractivity contribution in [2.24, 2.45) is 4.99 Å². The highest BCUT2D eigenvalue weighted by molar-refractivity contribution is 5.80. The van der Waals surface area contributed by atoms with Gasteiger partial charge < -0.3 is 15.2 Å². The van der Waals surface area contributed by atoms with Crippen molar-refractivity contribution in [3.8, 4) is 5.82 Å². The number of pyridine rings is 1. The van der Waals surface area contributed by atoms with E-state index in [4.69, 9.17) is 4.99 Å². The van der Waals surface area contributed by atoms with Crippen LogP contribution in [-0.4, -0.2) is 38.4 Å². The minimum atomic E-state index is 0.578. The lowest BCUT2D eigenvalue weighted by atomic mass is 10.2. The van der Waals surface area contributed by atoms with Crippen LogP contribution in [0.4, 0.5) is 0 Å². The van der Waals surface area contributed by atoms with Gasteiger partial charge in [0, 0.05) is 49.9 Å². The molecule has 0 aliphatic carbocycles. The maximum Gasteiger partial charge on any atom is 0.191 e. The van der Waals surface area contributed by atoms with Gasteiger partial charge in [-0.15, -0.1) is 0 Å². The van der Waals surface area contributed by atoms with Crippen LogP contribution in [0.5, 0.6) is 0 Å². The molecule has 4 aromatic rings. The fraction of sp³-hybridized carbons (Fsp3) is 0.261. The second kappa shape index (κ2) is 9.73. The highest BCUT2D eigenvalue weighted by Crippen LogP contribution is 2.15. The van der Waals surface area contributed by atoms with Crippen LogP contribution in [0.25, 0.3) is 16.7 Å². The number of aliphatic imine (C=N–C) groups is 1. The average Bonchev–Trinajstić information content (AvgIpc) is 3.46. The second-order valence-electron chi connectivity index (χ2n) is 7.02. The minimum absolute atomic E-state index is 0.578. The maximum atomic E-state index is 4.72. The molecule has 0 fully saturated rings. The highest BCUT2D eigenvalue weighted by atomic mass is 15.3. The van der Waals surface area contributed by atoms with Crippen molar-refractivity contribution in [2.75, 3.05) is 13.1 Å². The first-order chi connectivity index (χ1) is 14.8. The lowest BCUT2D eigenvalue weighted by molar-refractivity contribution is 0.641. The average molecular weight is 402 g/mol.